The summed E-state index contributed by atoms with van der Waals surface area (Å²) in [7, 11) is 0. The van der Waals surface area contributed by atoms with E-state index in [1.807, 2.05) is 12.1 Å². The third-order valence-corrected chi connectivity index (χ3v) is 4.96. The average Bonchev–Trinajstić information content (AvgIpc) is 2.65. The number of nitriles is 1. The molecule has 1 aliphatic heterocycles. The molecule has 4 nitrogen and oxygen atoms in total. The van der Waals surface area contributed by atoms with E-state index in [0.29, 0.717) is 0 Å². The molecule has 2 aromatic carbocycles. The lowest BCUT2D eigenvalue weighted by Crippen LogP contribution is -3.13. The summed E-state index contributed by atoms with van der Waals surface area (Å²) in [6, 6.07) is 18.4. The van der Waals surface area contributed by atoms with E-state index in [0.717, 1.165) is 49.1 Å². The largest absolute Gasteiger partial charge is 0.338 e. The minimum absolute atomic E-state index is 0.719. The molecule has 0 amide bonds. The van der Waals surface area contributed by atoms with Crippen molar-refractivity contribution in [2.24, 2.45) is 0 Å². The van der Waals surface area contributed by atoms with E-state index in [-0.39, 0.29) is 0 Å². The molecule has 1 aliphatic rings. The van der Waals surface area contributed by atoms with Crippen LogP contribution in [0, 0.1) is 18.3 Å². The Morgan fingerprint density at radius 3 is 2.36 bits per heavy atom. The molecule has 0 spiro atoms. The second-order valence-corrected chi connectivity index (χ2v) is 6.91. The first-order chi connectivity index (χ1) is 12.1. The average molecular weight is 351 g/mol. The van der Waals surface area contributed by atoms with Gasteiger partial charge in [-0.05, 0) is 43.4 Å². The number of aryl methyl sites for hydroxylation is 1. The van der Waals surface area contributed by atoms with Crippen LogP contribution in [0.4, 0.5) is 5.69 Å². The number of rotatable bonds is 3. The topological polar surface area (TPSA) is 43.5 Å². The molecule has 0 atom stereocenters. The number of nitrogens with one attached hydrogen (secondary N) is 2. The molecular formula is C20H23N4S+. The van der Waals surface area contributed by atoms with Crippen LogP contribution in [0.2, 0.25) is 0 Å². The third kappa shape index (κ3) is 4.79. The number of benzene rings is 2. The highest BCUT2D eigenvalue weighted by molar-refractivity contribution is 7.80. The first kappa shape index (κ1) is 17.4. The standard InChI is InChI=1S/C20H22N4S/c1-16-2-8-19(9-3-16)22-20(25)24-12-10-23(11-13-24)15-18-6-4-17(14-21)5-7-18/h2-9H,10-13,15H2,1H3,(H,22,25)/p+1. The summed E-state index contributed by atoms with van der Waals surface area (Å²) in [5.74, 6) is 0. The predicted molar refractivity (Wildman–Crippen MR) is 105 cm³/mol. The Hall–Kier alpha value is -2.42. The normalized spacial score (nSPS) is 14.8. The van der Waals surface area contributed by atoms with Crippen molar-refractivity contribution in [2.45, 2.75) is 13.5 Å². The first-order valence-electron chi connectivity index (χ1n) is 8.59. The van der Waals surface area contributed by atoms with Crippen molar-refractivity contribution in [3.05, 3.63) is 65.2 Å². The molecule has 128 valence electrons. The van der Waals surface area contributed by atoms with Crippen LogP contribution in [0.3, 0.4) is 0 Å². The van der Waals surface area contributed by atoms with Crippen molar-refractivity contribution in [2.75, 3.05) is 31.5 Å². The van der Waals surface area contributed by atoms with Gasteiger partial charge in [0.2, 0.25) is 0 Å². The van der Waals surface area contributed by atoms with Gasteiger partial charge in [0.15, 0.2) is 5.11 Å². The van der Waals surface area contributed by atoms with Crippen LogP contribution in [-0.4, -0.2) is 36.2 Å². The van der Waals surface area contributed by atoms with E-state index < -0.39 is 0 Å². The zero-order valence-corrected chi connectivity index (χ0v) is 15.3. The van der Waals surface area contributed by atoms with Gasteiger partial charge < -0.3 is 15.1 Å². The van der Waals surface area contributed by atoms with Gasteiger partial charge in [0.1, 0.15) is 6.54 Å². The van der Waals surface area contributed by atoms with Crippen LogP contribution >= 0.6 is 12.2 Å². The summed E-state index contributed by atoms with van der Waals surface area (Å²) in [6.07, 6.45) is 0. The molecule has 0 saturated carbocycles. The van der Waals surface area contributed by atoms with E-state index in [2.05, 4.69) is 59.6 Å². The monoisotopic (exact) mass is 351 g/mol. The van der Waals surface area contributed by atoms with Crippen molar-refractivity contribution < 1.29 is 4.90 Å². The first-order valence-corrected chi connectivity index (χ1v) is 9.00. The SMILES string of the molecule is Cc1ccc(NC(=S)N2CC[NH+](Cc3ccc(C#N)cc3)CC2)cc1. The summed E-state index contributed by atoms with van der Waals surface area (Å²) in [5.41, 5.74) is 4.29. The Kier molecular flexibility index (Phi) is 5.64. The van der Waals surface area contributed by atoms with Crippen molar-refractivity contribution >= 4 is 23.0 Å². The predicted octanol–water partition coefficient (Wildman–Crippen LogP) is 1.96. The van der Waals surface area contributed by atoms with Gasteiger partial charge in [-0.15, -0.1) is 0 Å². The molecule has 2 aromatic rings. The van der Waals surface area contributed by atoms with E-state index >= 15 is 0 Å². The Morgan fingerprint density at radius 2 is 1.76 bits per heavy atom. The van der Waals surface area contributed by atoms with Crippen molar-refractivity contribution in [1.82, 2.24) is 4.90 Å². The molecule has 0 aromatic heterocycles. The zero-order valence-electron chi connectivity index (χ0n) is 14.5. The summed E-state index contributed by atoms with van der Waals surface area (Å²) in [5, 5.41) is 13.0. The van der Waals surface area contributed by atoms with E-state index in [1.165, 1.54) is 11.1 Å². The van der Waals surface area contributed by atoms with Crippen molar-refractivity contribution in [3.63, 3.8) is 0 Å². The lowest BCUT2D eigenvalue weighted by Gasteiger charge is -2.34. The molecule has 0 aliphatic carbocycles. The molecular weight excluding hydrogens is 328 g/mol. The fourth-order valence-corrected chi connectivity index (χ4v) is 3.33. The zero-order chi connectivity index (χ0) is 17.6. The summed E-state index contributed by atoms with van der Waals surface area (Å²) in [4.78, 5) is 3.80. The number of hydrogen-bond donors (Lipinski definition) is 2. The Balaban J connectivity index is 1.48. The highest BCUT2D eigenvalue weighted by atomic mass is 32.1. The molecule has 25 heavy (non-hydrogen) atoms. The summed E-state index contributed by atoms with van der Waals surface area (Å²) in [6.45, 7) is 7.13. The van der Waals surface area contributed by atoms with Gasteiger partial charge in [0, 0.05) is 11.3 Å². The van der Waals surface area contributed by atoms with Crippen molar-refractivity contribution in [1.29, 1.82) is 5.26 Å². The van der Waals surface area contributed by atoms with E-state index in [4.69, 9.17) is 17.5 Å². The molecule has 1 saturated heterocycles. The minimum Gasteiger partial charge on any atom is -0.338 e. The van der Waals surface area contributed by atoms with Crippen LogP contribution in [0.15, 0.2) is 48.5 Å². The molecule has 0 unspecified atom stereocenters. The van der Waals surface area contributed by atoms with Gasteiger partial charge in [-0.2, -0.15) is 5.26 Å². The maximum atomic E-state index is 8.87. The quantitative estimate of drug-likeness (QED) is 0.830. The van der Waals surface area contributed by atoms with Crippen molar-refractivity contribution in [3.8, 4) is 6.07 Å². The molecule has 1 fully saturated rings. The Labute approximate surface area is 154 Å². The van der Waals surface area contributed by atoms with Gasteiger partial charge >= 0.3 is 0 Å². The van der Waals surface area contributed by atoms with Crippen LogP contribution in [0.25, 0.3) is 0 Å². The van der Waals surface area contributed by atoms with E-state index in [1.54, 1.807) is 4.90 Å². The van der Waals surface area contributed by atoms with Crippen LogP contribution < -0.4 is 10.2 Å². The number of thiocarbonyl (C=S) groups is 1. The molecule has 3 rings (SSSR count). The molecule has 0 bridgehead atoms. The second-order valence-electron chi connectivity index (χ2n) is 6.52. The number of anilines is 1. The van der Waals surface area contributed by atoms with Crippen LogP contribution in [0.1, 0.15) is 16.7 Å². The smallest absolute Gasteiger partial charge is 0.173 e. The number of quaternary nitrogens is 1. The number of piperazine rings is 1. The lowest BCUT2D eigenvalue weighted by molar-refractivity contribution is -0.917. The van der Waals surface area contributed by atoms with Gasteiger partial charge in [-0.3, -0.25) is 0 Å². The van der Waals surface area contributed by atoms with Gasteiger partial charge in [0.25, 0.3) is 0 Å². The Bertz CT molecular complexity index is 754. The van der Waals surface area contributed by atoms with E-state index in [9.17, 15) is 0 Å². The maximum absolute atomic E-state index is 8.87. The Morgan fingerprint density at radius 1 is 1.12 bits per heavy atom. The maximum Gasteiger partial charge on any atom is 0.173 e. The number of nitrogens with zero attached hydrogens (tertiary/aromatic N) is 2. The second kappa shape index (κ2) is 8.11. The van der Waals surface area contributed by atoms with Gasteiger partial charge in [-0.1, -0.05) is 29.8 Å². The van der Waals surface area contributed by atoms with Gasteiger partial charge in [-0.25, -0.2) is 0 Å². The molecule has 5 heteroatoms. The fraction of sp³-hybridized carbons (Fsp3) is 0.300. The molecule has 2 N–H and O–H groups in total. The number of hydrogen-bond acceptors (Lipinski definition) is 2. The molecule has 0 radical (unpaired) electrons. The highest BCUT2D eigenvalue weighted by Crippen LogP contribution is 2.10. The molecule has 1 heterocycles. The van der Waals surface area contributed by atoms with Crippen LogP contribution in [-0.2, 0) is 6.54 Å². The highest BCUT2D eigenvalue weighted by Gasteiger charge is 2.21. The summed E-state index contributed by atoms with van der Waals surface area (Å²) >= 11 is 5.56. The lowest BCUT2D eigenvalue weighted by atomic mass is 10.1. The van der Waals surface area contributed by atoms with Crippen LogP contribution in [0.5, 0.6) is 0 Å². The fourth-order valence-electron chi connectivity index (χ4n) is 3.03. The third-order valence-electron chi connectivity index (χ3n) is 4.60. The minimum atomic E-state index is 0.719. The summed E-state index contributed by atoms with van der Waals surface area (Å²) < 4.78 is 0. The van der Waals surface area contributed by atoms with Gasteiger partial charge in [0.05, 0.1) is 37.8 Å².